The molecule has 0 aliphatic rings. The van der Waals surface area contributed by atoms with Gasteiger partial charge in [0.1, 0.15) is 0 Å². The molecule has 0 N–H and O–H groups in total. The lowest BCUT2D eigenvalue weighted by atomic mass is 10.2. The quantitative estimate of drug-likeness (QED) is 0.506. The van der Waals surface area contributed by atoms with Crippen LogP contribution in [0.3, 0.4) is 0 Å². The molecule has 0 unspecified atom stereocenters. The van der Waals surface area contributed by atoms with Crippen LogP contribution in [0.15, 0.2) is 11.6 Å². The van der Waals surface area contributed by atoms with Crippen molar-refractivity contribution in [2.45, 2.75) is 13.8 Å². The number of hydrogen-bond acceptors (Lipinski definition) is 0. The second kappa shape index (κ2) is 1.91. The molecule has 0 nitrogen and oxygen atoms in total. The van der Waals surface area contributed by atoms with Crippen molar-refractivity contribution in [2.75, 3.05) is 0 Å². The first-order valence-electron chi connectivity index (χ1n) is 2.51. The molecule has 0 saturated carbocycles. The lowest BCUT2D eigenvalue weighted by molar-refractivity contribution is 0.923. The Balaban J connectivity index is 3.14. The van der Waals surface area contributed by atoms with Crippen molar-refractivity contribution in [3.63, 3.8) is 0 Å². The average molecular weight is 130 g/mol. The molecule has 0 aromatic carbocycles. The molecule has 0 radical (unpaired) electrons. The van der Waals surface area contributed by atoms with Crippen LogP contribution in [0.2, 0.25) is 0 Å². The summed E-state index contributed by atoms with van der Waals surface area (Å²) in [5, 5.41) is 0. The maximum Gasteiger partial charge on any atom is 0.0614 e. The summed E-state index contributed by atoms with van der Waals surface area (Å²) >= 11 is 0. The first kappa shape index (κ1) is 5.84. The standard InChI is InChI=1S/C6H8FP/c1-5-3-8(7)4-6(5)2/h3-4H,1-2H3. The molecule has 8 heavy (non-hydrogen) atoms. The van der Waals surface area contributed by atoms with E-state index < -0.39 is 7.84 Å². The van der Waals surface area contributed by atoms with Crippen molar-refractivity contribution in [3.8, 4) is 0 Å². The van der Waals surface area contributed by atoms with Crippen molar-refractivity contribution in [1.82, 2.24) is 0 Å². The summed E-state index contributed by atoms with van der Waals surface area (Å²) in [7, 11) is -1.37. The van der Waals surface area contributed by atoms with Gasteiger partial charge in [0, 0.05) is 0 Å². The predicted molar refractivity (Wildman–Crippen MR) is 35.1 cm³/mol. The maximum atomic E-state index is 12.3. The van der Waals surface area contributed by atoms with Gasteiger partial charge in [-0.3, -0.25) is 0 Å². The third kappa shape index (κ3) is 0.924. The Bertz CT molecular complexity index is 171. The average Bonchev–Trinajstić information content (AvgIpc) is 1.85. The fraction of sp³-hybridized carbons (Fsp3) is 0.333. The molecular formula is C6H8FP. The molecule has 0 atom stereocenters. The molecule has 2 heteroatoms. The third-order valence-electron chi connectivity index (χ3n) is 1.26. The first-order valence-corrected chi connectivity index (χ1v) is 3.88. The van der Waals surface area contributed by atoms with Gasteiger partial charge in [-0.15, -0.1) is 0 Å². The van der Waals surface area contributed by atoms with Gasteiger partial charge < -0.3 is 0 Å². The Kier molecular flexibility index (Phi) is 1.39. The van der Waals surface area contributed by atoms with E-state index in [0.717, 1.165) is 11.1 Å². The molecule has 0 spiro atoms. The van der Waals surface area contributed by atoms with Crippen LogP contribution in [0.1, 0.15) is 11.1 Å². The van der Waals surface area contributed by atoms with E-state index in [4.69, 9.17) is 0 Å². The van der Waals surface area contributed by atoms with E-state index in [1.807, 2.05) is 13.8 Å². The zero-order valence-corrected chi connectivity index (χ0v) is 5.87. The summed E-state index contributed by atoms with van der Waals surface area (Å²) < 4.78 is 12.3. The van der Waals surface area contributed by atoms with Crippen molar-refractivity contribution < 1.29 is 4.20 Å². The van der Waals surface area contributed by atoms with Gasteiger partial charge in [0.05, 0.1) is 7.84 Å². The molecule has 1 aromatic rings. The van der Waals surface area contributed by atoms with Crippen LogP contribution in [0, 0.1) is 13.8 Å². The molecule has 0 saturated heterocycles. The molecule has 44 valence electrons. The van der Waals surface area contributed by atoms with Gasteiger partial charge in [-0.25, -0.2) is 0 Å². The molecule has 1 aromatic heterocycles. The Labute approximate surface area is 49.5 Å². The Morgan fingerprint density at radius 2 is 1.62 bits per heavy atom. The van der Waals surface area contributed by atoms with Crippen LogP contribution < -0.4 is 0 Å². The summed E-state index contributed by atoms with van der Waals surface area (Å²) in [6, 6.07) is 0. The second-order valence-electron chi connectivity index (χ2n) is 1.97. The smallest absolute Gasteiger partial charge is 0.0614 e. The van der Waals surface area contributed by atoms with Gasteiger partial charge in [-0.2, -0.15) is 4.20 Å². The van der Waals surface area contributed by atoms with Crippen LogP contribution in [-0.2, 0) is 0 Å². The number of hydrogen-bond donors (Lipinski definition) is 0. The largest absolute Gasteiger partial charge is 0.192 e. The summed E-state index contributed by atoms with van der Waals surface area (Å²) in [5.74, 6) is 3.37. The van der Waals surface area contributed by atoms with Crippen molar-refractivity contribution in [1.29, 1.82) is 0 Å². The van der Waals surface area contributed by atoms with Gasteiger partial charge in [0.25, 0.3) is 0 Å². The van der Waals surface area contributed by atoms with Gasteiger partial charge in [-0.05, 0) is 36.6 Å². The van der Waals surface area contributed by atoms with Crippen molar-refractivity contribution >= 4 is 7.84 Å². The highest BCUT2D eigenvalue weighted by atomic mass is 31.1. The van der Waals surface area contributed by atoms with Crippen LogP contribution in [0.25, 0.3) is 0 Å². The van der Waals surface area contributed by atoms with Crippen LogP contribution in [0.4, 0.5) is 4.20 Å². The number of aryl methyl sites for hydroxylation is 2. The highest BCUT2D eigenvalue weighted by Crippen LogP contribution is 2.32. The Morgan fingerprint density at radius 3 is 1.75 bits per heavy atom. The first-order chi connectivity index (χ1) is 3.70. The highest BCUT2D eigenvalue weighted by Gasteiger charge is 1.95. The number of rotatable bonds is 0. The molecular weight excluding hydrogens is 122 g/mol. The highest BCUT2D eigenvalue weighted by molar-refractivity contribution is 7.43. The van der Waals surface area contributed by atoms with E-state index in [2.05, 4.69) is 0 Å². The summed E-state index contributed by atoms with van der Waals surface area (Å²) in [4.78, 5) is 0. The summed E-state index contributed by atoms with van der Waals surface area (Å²) in [5.41, 5.74) is 2.19. The fourth-order valence-corrected chi connectivity index (χ4v) is 1.83. The zero-order valence-electron chi connectivity index (χ0n) is 4.98. The third-order valence-corrected chi connectivity index (χ3v) is 2.52. The minimum Gasteiger partial charge on any atom is -0.192 e. The molecule has 0 fully saturated rings. The van der Waals surface area contributed by atoms with Crippen LogP contribution in [-0.4, -0.2) is 0 Å². The maximum absolute atomic E-state index is 12.3. The number of halogens is 1. The summed E-state index contributed by atoms with van der Waals surface area (Å²) in [6.45, 7) is 3.88. The van der Waals surface area contributed by atoms with Crippen LogP contribution in [0.5, 0.6) is 0 Å². The monoisotopic (exact) mass is 130 g/mol. The van der Waals surface area contributed by atoms with E-state index >= 15 is 0 Å². The van der Waals surface area contributed by atoms with E-state index in [9.17, 15) is 4.20 Å². The van der Waals surface area contributed by atoms with E-state index in [-0.39, 0.29) is 0 Å². The molecule has 1 rings (SSSR count). The van der Waals surface area contributed by atoms with Crippen molar-refractivity contribution in [2.24, 2.45) is 0 Å². The van der Waals surface area contributed by atoms with E-state index in [1.165, 1.54) is 0 Å². The zero-order chi connectivity index (χ0) is 6.15. The second-order valence-corrected chi connectivity index (χ2v) is 3.17. The summed E-state index contributed by atoms with van der Waals surface area (Å²) in [6.07, 6.45) is 0. The van der Waals surface area contributed by atoms with E-state index in [0.29, 0.717) is 0 Å². The molecule has 0 bridgehead atoms. The Hall–Kier alpha value is -0.290. The normalized spacial score (nSPS) is 9.88. The fourth-order valence-electron chi connectivity index (χ4n) is 0.611. The van der Waals surface area contributed by atoms with E-state index in [1.54, 1.807) is 11.6 Å². The molecule has 0 aliphatic heterocycles. The molecule has 0 amide bonds. The van der Waals surface area contributed by atoms with Crippen molar-refractivity contribution in [3.05, 3.63) is 22.7 Å². The van der Waals surface area contributed by atoms with Gasteiger partial charge in [-0.1, -0.05) is 0 Å². The minimum absolute atomic E-state index is 1.10. The molecule has 0 aliphatic carbocycles. The minimum atomic E-state index is -1.37. The predicted octanol–water partition coefficient (Wildman–Crippen LogP) is 3.02. The van der Waals surface area contributed by atoms with Gasteiger partial charge in [0.15, 0.2) is 0 Å². The molecule has 1 heterocycles. The SMILES string of the molecule is Cc1cp(F)cc1C. The van der Waals surface area contributed by atoms with Crippen LogP contribution >= 0.6 is 7.84 Å². The lowest BCUT2D eigenvalue weighted by Crippen LogP contribution is -1.63. The topological polar surface area (TPSA) is 0 Å². The van der Waals surface area contributed by atoms with Gasteiger partial charge >= 0.3 is 0 Å². The lowest BCUT2D eigenvalue weighted by Gasteiger charge is -1.80. The Morgan fingerprint density at radius 1 is 1.25 bits per heavy atom. The van der Waals surface area contributed by atoms with Gasteiger partial charge in [0.2, 0.25) is 0 Å².